The van der Waals surface area contributed by atoms with E-state index in [9.17, 15) is 40.9 Å². The van der Waals surface area contributed by atoms with Gasteiger partial charge in [-0.25, -0.2) is 13.1 Å². The summed E-state index contributed by atoms with van der Waals surface area (Å²) >= 11 is 0. The lowest BCUT2D eigenvalue weighted by atomic mass is 9.96. The quantitative estimate of drug-likeness (QED) is 0.0583. The summed E-state index contributed by atoms with van der Waals surface area (Å²) in [5.74, 6) is -3.41. The Labute approximate surface area is 291 Å². The molecule has 268 valence electrons. The third-order valence-electron chi connectivity index (χ3n) is 8.89. The van der Waals surface area contributed by atoms with E-state index in [1.807, 2.05) is 11.5 Å². The van der Waals surface area contributed by atoms with Gasteiger partial charge in [0.1, 0.15) is 0 Å². The number of sulfonamides is 1. The van der Waals surface area contributed by atoms with Crippen molar-refractivity contribution in [3.05, 3.63) is 83.4 Å². The van der Waals surface area contributed by atoms with Crippen molar-refractivity contribution in [3.8, 4) is 0 Å². The Kier molecular flexibility index (Phi) is 12.7. The number of amides is 1. The number of pyridine rings is 1. The number of para-hydroxylation sites is 2. The number of hydrogen-bond donors (Lipinski definition) is 4. The molecule has 4 aromatic rings. The Morgan fingerprint density at radius 1 is 0.820 bits per heavy atom. The number of fused-ring (bicyclic) bond motifs is 2. The first-order valence-electron chi connectivity index (χ1n) is 16.5. The molecule has 14 heteroatoms. The van der Waals surface area contributed by atoms with Crippen LogP contribution in [0.4, 0.5) is 0 Å². The van der Waals surface area contributed by atoms with E-state index in [-0.39, 0.29) is 55.5 Å². The lowest BCUT2D eigenvalue weighted by molar-refractivity contribution is -0.645. The number of hydrogen-bond acceptors (Lipinski definition) is 7. The Morgan fingerprint density at radius 3 is 2.00 bits per heavy atom. The normalized spacial score (nSPS) is 13.3. The number of rotatable bonds is 18. The van der Waals surface area contributed by atoms with Crippen molar-refractivity contribution in [2.45, 2.75) is 88.3 Å². The van der Waals surface area contributed by atoms with Crippen molar-refractivity contribution in [2.24, 2.45) is 5.92 Å². The maximum absolute atomic E-state index is 14.0. The van der Waals surface area contributed by atoms with Gasteiger partial charge in [0.25, 0.3) is 26.0 Å². The molecule has 0 aliphatic carbocycles. The van der Waals surface area contributed by atoms with Gasteiger partial charge in [0.05, 0.1) is 32.4 Å². The van der Waals surface area contributed by atoms with Gasteiger partial charge in [-0.1, -0.05) is 61.7 Å². The summed E-state index contributed by atoms with van der Waals surface area (Å²) in [6, 6.07) is 18.3. The third-order valence-corrected chi connectivity index (χ3v) is 11.6. The molecule has 1 heterocycles. The summed E-state index contributed by atoms with van der Waals surface area (Å²) in [5, 5.41) is 18.2. The van der Waals surface area contributed by atoms with E-state index >= 15 is 0 Å². The van der Waals surface area contributed by atoms with Gasteiger partial charge in [-0.05, 0) is 62.8 Å². The molecule has 1 amide bonds. The summed E-state index contributed by atoms with van der Waals surface area (Å²) in [6.07, 6.45) is 2.05. The minimum atomic E-state index is -4.48. The number of aryl methyl sites for hydroxylation is 3. The number of carbonyl (C=O) groups is 3. The first kappa shape index (κ1) is 38.4. The largest absolute Gasteiger partial charge is 0.481 e. The summed E-state index contributed by atoms with van der Waals surface area (Å²) in [5.41, 5.74) is 2.33. The highest BCUT2D eigenvalue weighted by atomic mass is 32.2. The van der Waals surface area contributed by atoms with Gasteiger partial charge in [0, 0.05) is 25.0 Å². The maximum Gasteiger partial charge on any atom is 0.306 e. The van der Waals surface area contributed by atoms with Crippen LogP contribution in [0.5, 0.6) is 0 Å². The molecule has 1 aromatic heterocycles. The molecule has 3 aromatic carbocycles. The molecule has 0 fully saturated rings. The highest BCUT2D eigenvalue weighted by Crippen LogP contribution is 2.27. The number of aliphatic carboxylic acids is 2. The van der Waals surface area contributed by atoms with Crippen molar-refractivity contribution in [3.63, 3.8) is 0 Å². The monoisotopic (exact) mass is 727 g/mol. The van der Waals surface area contributed by atoms with Crippen LogP contribution in [0.3, 0.4) is 0 Å². The standard InChI is InChI=1S/C36H42N2O10S2/c1-3-10-25(36(42)43)11-8-13-27(50(46,47)48)21-22-38-30-16-6-4-14-28(30)34(29-15-5-7-17-31(29)38)35(41)37-49(44,45)32-20-19-24(2)23-26(32)12-9-18-33(39)40/h4-7,14-17,19-20,23,25,27H,3,8-13,18,21-22H2,1-2H3,(H3-,37,39,40,41,42,43,46,47,48)/p+1. The molecule has 2 unspecified atom stereocenters. The highest BCUT2D eigenvalue weighted by Gasteiger charge is 2.31. The molecule has 0 bridgehead atoms. The third kappa shape index (κ3) is 9.43. The van der Waals surface area contributed by atoms with E-state index < -0.39 is 49.2 Å². The minimum Gasteiger partial charge on any atom is -0.481 e. The van der Waals surface area contributed by atoms with Gasteiger partial charge >= 0.3 is 11.9 Å². The number of nitrogens with zero attached hydrogens (tertiary/aromatic N) is 1. The molecule has 4 N–H and O–H groups in total. The fourth-order valence-corrected chi connectivity index (χ4v) is 8.55. The molecule has 4 rings (SSSR count). The van der Waals surface area contributed by atoms with E-state index in [2.05, 4.69) is 4.72 Å². The molecule has 12 nitrogen and oxygen atoms in total. The molecule has 2 atom stereocenters. The van der Waals surface area contributed by atoms with E-state index in [4.69, 9.17) is 5.11 Å². The second-order valence-electron chi connectivity index (χ2n) is 12.5. The lowest BCUT2D eigenvalue weighted by Crippen LogP contribution is -2.40. The average Bonchev–Trinajstić information content (AvgIpc) is 3.04. The van der Waals surface area contributed by atoms with Gasteiger partial charge in [-0.2, -0.15) is 13.0 Å². The number of aromatic nitrogens is 1. The van der Waals surface area contributed by atoms with Crippen molar-refractivity contribution in [1.29, 1.82) is 0 Å². The minimum absolute atomic E-state index is 0.000998. The first-order valence-corrected chi connectivity index (χ1v) is 19.5. The van der Waals surface area contributed by atoms with E-state index in [1.165, 1.54) is 6.07 Å². The van der Waals surface area contributed by atoms with Crippen LogP contribution in [0, 0.1) is 12.8 Å². The van der Waals surface area contributed by atoms with Crippen molar-refractivity contribution >= 4 is 59.8 Å². The Balaban J connectivity index is 1.69. The number of benzene rings is 3. The van der Waals surface area contributed by atoms with Crippen LogP contribution >= 0.6 is 0 Å². The Hall–Kier alpha value is -4.40. The zero-order chi connectivity index (χ0) is 36.6. The van der Waals surface area contributed by atoms with E-state index in [0.717, 1.165) is 5.56 Å². The van der Waals surface area contributed by atoms with Crippen molar-refractivity contribution in [1.82, 2.24) is 4.72 Å². The molecule has 0 aliphatic heterocycles. The highest BCUT2D eigenvalue weighted by molar-refractivity contribution is 7.90. The maximum atomic E-state index is 14.0. The summed E-state index contributed by atoms with van der Waals surface area (Å²) in [6.45, 7) is 3.78. The van der Waals surface area contributed by atoms with Crippen LogP contribution in [0.25, 0.3) is 21.8 Å². The summed E-state index contributed by atoms with van der Waals surface area (Å²) < 4.78 is 66.4. The van der Waals surface area contributed by atoms with Gasteiger partial charge in [-0.15, -0.1) is 0 Å². The lowest BCUT2D eigenvalue weighted by Gasteiger charge is -2.17. The molecule has 0 saturated carbocycles. The number of nitrogens with one attached hydrogen (secondary N) is 1. The molecule has 50 heavy (non-hydrogen) atoms. The molecule has 0 spiro atoms. The zero-order valence-corrected chi connectivity index (χ0v) is 29.7. The molecule has 0 saturated heterocycles. The van der Waals surface area contributed by atoms with Gasteiger partial charge in [-0.3, -0.25) is 18.9 Å². The second kappa shape index (κ2) is 16.5. The van der Waals surface area contributed by atoms with Gasteiger partial charge < -0.3 is 10.2 Å². The fraction of sp³-hybridized carbons (Fsp3) is 0.389. The first-order chi connectivity index (χ1) is 23.6. The van der Waals surface area contributed by atoms with Crippen LogP contribution in [0.15, 0.2) is 71.6 Å². The number of carboxylic acid groups (broad SMARTS) is 2. The zero-order valence-electron chi connectivity index (χ0n) is 28.0. The van der Waals surface area contributed by atoms with Crippen molar-refractivity contribution in [2.75, 3.05) is 0 Å². The van der Waals surface area contributed by atoms with Crippen molar-refractivity contribution < 1.29 is 50.6 Å². The Bertz CT molecular complexity index is 2060. The number of carbonyl (C=O) groups excluding carboxylic acids is 1. The molecular weight excluding hydrogens is 685 g/mol. The predicted octanol–water partition coefficient (Wildman–Crippen LogP) is 5.43. The van der Waals surface area contributed by atoms with Crippen LogP contribution in [0.1, 0.15) is 79.8 Å². The fourth-order valence-electron chi connectivity index (χ4n) is 6.47. The van der Waals surface area contributed by atoms with Gasteiger partial charge in [0.15, 0.2) is 6.54 Å². The second-order valence-corrected chi connectivity index (χ2v) is 15.9. The average molecular weight is 728 g/mol. The SMILES string of the molecule is CCCC(CCCC(CC[n+]1c2ccccc2c(C(=O)NS(=O)(=O)c2ccc(C)cc2CCCC(=O)O)c2ccccc21)S(=O)(=O)O)C(=O)O. The molecule has 0 aliphatic rings. The van der Waals surface area contributed by atoms with E-state index in [1.54, 1.807) is 67.6 Å². The summed E-state index contributed by atoms with van der Waals surface area (Å²) in [4.78, 5) is 36.5. The van der Waals surface area contributed by atoms with Crippen LogP contribution < -0.4 is 9.29 Å². The predicted molar refractivity (Wildman–Crippen MR) is 188 cm³/mol. The molecule has 0 radical (unpaired) electrons. The van der Waals surface area contributed by atoms with Gasteiger partial charge in [0.2, 0.25) is 11.0 Å². The Morgan fingerprint density at radius 2 is 1.44 bits per heavy atom. The summed E-state index contributed by atoms with van der Waals surface area (Å²) in [7, 11) is -8.88. The van der Waals surface area contributed by atoms with Crippen LogP contribution in [-0.2, 0) is 42.7 Å². The smallest absolute Gasteiger partial charge is 0.306 e. The number of carboxylic acids is 2. The van der Waals surface area contributed by atoms with Crippen LogP contribution in [0.2, 0.25) is 0 Å². The molecular formula is C36H43N2O10S2+. The topological polar surface area (TPSA) is 196 Å². The van der Waals surface area contributed by atoms with Crippen LogP contribution in [-0.4, -0.2) is 54.7 Å². The van der Waals surface area contributed by atoms with E-state index in [0.29, 0.717) is 46.6 Å².